The first-order valence-electron chi connectivity index (χ1n) is 13.2. The Hall–Kier alpha value is -1.35. The van der Waals surface area contributed by atoms with Gasteiger partial charge in [0.15, 0.2) is 0 Å². The molecule has 4 rings (SSSR count). The Balaban J connectivity index is 1.72. The minimum Gasteiger partial charge on any atom is -0.465 e. The average Bonchev–Trinajstić information content (AvgIpc) is 3.11. The maximum Gasteiger partial charge on any atom is 0.306 e. The van der Waals surface area contributed by atoms with E-state index in [2.05, 4.69) is 72.8 Å². The maximum atomic E-state index is 12.6. The van der Waals surface area contributed by atoms with E-state index in [1.54, 1.807) is 0 Å². The number of carbonyl (C=O) groups excluding carboxylic acids is 1. The van der Waals surface area contributed by atoms with Crippen LogP contribution < -0.4 is 0 Å². The van der Waals surface area contributed by atoms with Crippen molar-refractivity contribution in [3.05, 3.63) is 35.5 Å². The van der Waals surface area contributed by atoms with E-state index in [0.29, 0.717) is 30.8 Å². The van der Waals surface area contributed by atoms with Gasteiger partial charge in [0.1, 0.15) is 0 Å². The molecule has 1 saturated heterocycles. The summed E-state index contributed by atoms with van der Waals surface area (Å²) in [6.07, 6.45) is 15.9. The van der Waals surface area contributed by atoms with Gasteiger partial charge in [-0.3, -0.25) is 4.79 Å². The van der Waals surface area contributed by atoms with Crippen molar-refractivity contribution in [2.45, 2.75) is 99.5 Å². The largest absolute Gasteiger partial charge is 0.465 e. The molecule has 1 heterocycles. The highest BCUT2D eigenvalue weighted by Gasteiger charge is 2.69. The van der Waals surface area contributed by atoms with Crippen LogP contribution in [-0.2, 0) is 9.53 Å². The third-order valence-electron chi connectivity index (χ3n) is 10.8. The van der Waals surface area contributed by atoms with Crippen molar-refractivity contribution in [3.63, 3.8) is 0 Å². The van der Waals surface area contributed by atoms with E-state index in [0.717, 1.165) is 32.1 Å². The molecule has 184 valence electrons. The van der Waals surface area contributed by atoms with Gasteiger partial charge in [0.05, 0.1) is 19.1 Å². The molecule has 3 unspecified atom stereocenters. The standard InChI is InChI=1S/C30H46O3/c1-20(2)9-8-10-21(3)17-22-11-12-24-28(6)15-14-25(31)27(4,5)23(28)13-16-29(24,7)30(22)18-26(32)33-19-30/h8-10,17,22-25,31H,11-16,18-19H2,1-7H3/b10-8+,21-17+/t22?,23?,24?,25-,28-,29+,30-/m0/s1. The first-order chi connectivity index (χ1) is 15.4. The smallest absolute Gasteiger partial charge is 0.306 e. The van der Waals surface area contributed by atoms with Crippen LogP contribution in [0.25, 0.3) is 0 Å². The quantitative estimate of drug-likeness (QED) is 0.368. The molecule has 33 heavy (non-hydrogen) atoms. The summed E-state index contributed by atoms with van der Waals surface area (Å²) in [5, 5.41) is 10.9. The minimum atomic E-state index is -0.209. The Bertz CT molecular complexity index is 875. The number of carbonyl (C=O) groups is 1. The number of rotatable bonds is 3. The molecule has 3 heteroatoms. The van der Waals surface area contributed by atoms with Gasteiger partial charge in [-0.15, -0.1) is 0 Å². The zero-order chi connectivity index (χ0) is 24.2. The van der Waals surface area contributed by atoms with E-state index in [9.17, 15) is 9.90 Å². The Labute approximate surface area is 201 Å². The fourth-order valence-electron chi connectivity index (χ4n) is 9.01. The van der Waals surface area contributed by atoms with Gasteiger partial charge in [-0.1, -0.05) is 63.1 Å². The van der Waals surface area contributed by atoms with Crippen LogP contribution in [0.1, 0.15) is 93.4 Å². The van der Waals surface area contributed by atoms with Gasteiger partial charge in [0.2, 0.25) is 0 Å². The van der Waals surface area contributed by atoms with Crippen molar-refractivity contribution in [1.29, 1.82) is 0 Å². The molecule has 0 bridgehead atoms. The van der Waals surface area contributed by atoms with Crippen LogP contribution >= 0.6 is 0 Å². The molecule has 3 saturated carbocycles. The Kier molecular flexibility index (Phi) is 6.30. The summed E-state index contributed by atoms with van der Waals surface area (Å²) in [6.45, 7) is 16.6. The molecular formula is C30H46O3. The van der Waals surface area contributed by atoms with Gasteiger partial charge in [-0.25, -0.2) is 0 Å². The summed E-state index contributed by atoms with van der Waals surface area (Å²) in [5.74, 6) is 1.45. The van der Waals surface area contributed by atoms with E-state index in [4.69, 9.17) is 4.74 Å². The molecule has 0 aromatic carbocycles. The predicted octanol–water partition coefficient (Wildman–Crippen LogP) is 7.02. The summed E-state index contributed by atoms with van der Waals surface area (Å²) in [5.41, 5.74) is 2.69. The van der Waals surface area contributed by atoms with E-state index >= 15 is 0 Å². The molecule has 1 N–H and O–H groups in total. The van der Waals surface area contributed by atoms with Crippen LogP contribution in [0.15, 0.2) is 35.5 Å². The van der Waals surface area contributed by atoms with Crippen LogP contribution in [0.2, 0.25) is 0 Å². The molecule has 1 spiro atoms. The molecule has 3 nitrogen and oxygen atoms in total. The molecule has 4 fully saturated rings. The van der Waals surface area contributed by atoms with Crippen molar-refractivity contribution in [3.8, 4) is 0 Å². The van der Waals surface area contributed by atoms with Crippen molar-refractivity contribution in [1.82, 2.24) is 0 Å². The lowest BCUT2D eigenvalue weighted by Crippen LogP contribution is -2.65. The number of allylic oxidation sites excluding steroid dienone is 6. The van der Waals surface area contributed by atoms with Crippen molar-refractivity contribution in [2.24, 2.45) is 39.4 Å². The first kappa shape index (κ1) is 24.8. The second-order valence-electron chi connectivity index (χ2n) is 13.1. The third kappa shape index (κ3) is 3.77. The van der Waals surface area contributed by atoms with Gasteiger partial charge in [0, 0.05) is 5.41 Å². The normalized spacial score (nSPS) is 45.0. The molecule has 0 aromatic heterocycles. The summed E-state index contributed by atoms with van der Waals surface area (Å²) in [6, 6.07) is 0. The number of esters is 1. The van der Waals surface area contributed by atoms with Gasteiger partial charge < -0.3 is 9.84 Å². The Morgan fingerprint density at radius 2 is 1.73 bits per heavy atom. The molecule has 0 amide bonds. The number of hydrogen-bond acceptors (Lipinski definition) is 3. The molecule has 3 aliphatic carbocycles. The molecule has 1 aliphatic heterocycles. The van der Waals surface area contributed by atoms with Crippen LogP contribution in [0, 0.1) is 39.4 Å². The molecular weight excluding hydrogens is 408 g/mol. The second kappa shape index (κ2) is 8.40. The van der Waals surface area contributed by atoms with Crippen LogP contribution in [0.4, 0.5) is 0 Å². The van der Waals surface area contributed by atoms with E-state index in [1.165, 1.54) is 17.6 Å². The van der Waals surface area contributed by atoms with Gasteiger partial charge in [-0.2, -0.15) is 0 Å². The van der Waals surface area contributed by atoms with E-state index in [1.807, 2.05) is 0 Å². The lowest BCUT2D eigenvalue weighted by molar-refractivity contribution is -0.222. The molecule has 0 radical (unpaired) electrons. The summed E-state index contributed by atoms with van der Waals surface area (Å²) >= 11 is 0. The van der Waals surface area contributed by atoms with Crippen LogP contribution in [-0.4, -0.2) is 23.8 Å². The first-order valence-corrected chi connectivity index (χ1v) is 13.2. The molecule has 0 aromatic rings. The second-order valence-corrected chi connectivity index (χ2v) is 13.1. The topological polar surface area (TPSA) is 46.5 Å². The lowest BCUT2D eigenvalue weighted by Gasteiger charge is -2.69. The number of ether oxygens (including phenoxy) is 1. The number of fused-ring (bicyclic) bond motifs is 4. The zero-order valence-electron chi connectivity index (χ0n) is 22.0. The predicted molar refractivity (Wildman–Crippen MR) is 135 cm³/mol. The highest BCUT2D eigenvalue weighted by Crippen LogP contribution is 2.73. The molecule has 4 aliphatic rings. The van der Waals surface area contributed by atoms with E-state index in [-0.39, 0.29) is 33.7 Å². The monoisotopic (exact) mass is 454 g/mol. The Morgan fingerprint density at radius 1 is 1.00 bits per heavy atom. The summed E-state index contributed by atoms with van der Waals surface area (Å²) in [4.78, 5) is 12.6. The third-order valence-corrected chi connectivity index (χ3v) is 10.8. The molecule has 7 atom stereocenters. The summed E-state index contributed by atoms with van der Waals surface area (Å²) < 4.78 is 5.78. The van der Waals surface area contributed by atoms with Crippen LogP contribution in [0.5, 0.6) is 0 Å². The van der Waals surface area contributed by atoms with Gasteiger partial charge >= 0.3 is 5.97 Å². The van der Waals surface area contributed by atoms with Crippen molar-refractivity contribution < 1.29 is 14.6 Å². The van der Waals surface area contributed by atoms with Gasteiger partial charge in [-0.05, 0) is 93.3 Å². The van der Waals surface area contributed by atoms with Crippen LogP contribution in [0.3, 0.4) is 0 Å². The fourth-order valence-corrected chi connectivity index (χ4v) is 9.01. The Morgan fingerprint density at radius 3 is 2.36 bits per heavy atom. The maximum absolute atomic E-state index is 12.6. The number of aliphatic hydroxyl groups excluding tert-OH is 1. The fraction of sp³-hybridized carbons (Fsp3) is 0.767. The minimum absolute atomic E-state index is 0.0142. The number of cyclic esters (lactones) is 1. The van der Waals surface area contributed by atoms with Gasteiger partial charge in [0.25, 0.3) is 0 Å². The SMILES string of the molecule is CC(C)=C/C=C/C(C)=C/C1CCC2[C@@]3(C)CC[C@H](O)C(C)(C)C3CC[C@@]2(C)[C@@]12COC(=O)C2. The zero-order valence-corrected chi connectivity index (χ0v) is 22.0. The number of aliphatic hydroxyl groups is 1. The number of hydrogen-bond donors (Lipinski definition) is 1. The lowest BCUT2D eigenvalue weighted by atomic mass is 9.35. The average molecular weight is 455 g/mol. The summed E-state index contributed by atoms with van der Waals surface area (Å²) in [7, 11) is 0. The van der Waals surface area contributed by atoms with Crippen molar-refractivity contribution in [2.75, 3.05) is 6.61 Å². The highest BCUT2D eigenvalue weighted by molar-refractivity contribution is 5.73. The van der Waals surface area contributed by atoms with Crippen molar-refractivity contribution >= 4 is 5.97 Å². The van der Waals surface area contributed by atoms with E-state index < -0.39 is 0 Å². The highest BCUT2D eigenvalue weighted by atomic mass is 16.5.